The van der Waals surface area contributed by atoms with E-state index in [4.69, 9.17) is 5.73 Å². The van der Waals surface area contributed by atoms with Crippen LogP contribution in [0.1, 0.15) is 18.4 Å². The van der Waals surface area contributed by atoms with E-state index in [1.54, 1.807) is 0 Å². The van der Waals surface area contributed by atoms with Crippen LogP contribution in [0, 0.1) is 0 Å². The number of halogens is 1. The van der Waals surface area contributed by atoms with Gasteiger partial charge in [-0.15, -0.1) is 24.0 Å². The number of benzene rings is 1. The zero-order chi connectivity index (χ0) is 7.94. The predicted octanol–water partition coefficient (Wildman–Crippen LogP) is 2.59. The summed E-state index contributed by atoms with van der Waals surface area (Å²) in [6.45, 7) is 0.812. The number of hydrogen-bond donors (Lipinski definition) is 1. The molecule has 0 bridgehead atoms. The van der Waals surface area contributed by atoms with Gasteiger partial charge < -0.3 is 5.73 Å². The Labute approximate surface area is 91.4 Å². The minimum atomic E-state index is 0. The van der Waals surface area contributed by atoms with Gasteiger partial charge >= 0.3 is 0 Å². The van der Waals surface area contributed by atoms with Crippen molar-refractivity contribution >= 4 is 24.0 Å². The van der Waals surface area contributed by atoms with Crippen molar-refractivity contribution in [1.82, 2.24) is 0 Å². The van der Waals surface area contributed by atoms with E-state index in [-0.39, 0.29) is 24.0 Å². The van der Waals surface area contributed by atoms with Crippen molar-refractivity contribution < 1.29 is 0 Å². The molecule has 0 aliphatic carbocycles. The van der Waals surface area contributed by atoms with Gasteiger partial charge in [-0.25, -0.2) is 0 Å². The van der Waals surface area contributed by atoms with Gasteiger partial charge in [0.25, 0.3) is 0 Å². The maximum absolute atomic E-state index is 5.39. The van der Waals surface area contributed by atoms with E-state index in [0.29, 0.717) is 0 Å². The summed E-state index contributed by atoms with van der Waals surface area (Å²) in [5.41, 5.74) is 6.81. The van der Waals surface area contributed by atoms with Crippen molar-refractivity contribution in [3.8, 4) is 0 Å². The summed E-state index contributed by atoms with van der Waals surface area (Å²) >= 11 is 0. The zero-order valence-electron chi connectivity index (χ0n) is 7.20. The molecule has 0 aliphatic heterocycles. The molecule has 0 aromatic heterocycles. The van der Waals surface area contributed by atoms with Gasteiger partial charge in [0.2, 0.25) is 0 Å². The quantitative estimate of drug-likeness (QED) is 0.664. The summed E-state index contributed by atoms with van der Waals surface area (Å²) in [6, 6.07) is 10.5. The highest BCUT2D eigenvalue weighted by Crippen LogP contribution is 2.03. The molecule has 1 nitrogen and oxygen atoms in total. The Morgan fingerprint density at radius 3 is 2.25 bits per heavy atom. The predicted molar refractivity (Wildman–Crippen MR) is 63.8 cm³/mol. The smallest absolute Gasteiger partial charge is 0.00772 e. The highest BCUT2D eigenvalue weighted by Gasteiger charge is 1.89. The van der Waals surface area contributed by atoms with Crippen LogP contribution in [0.5, 0.6) is 0 Å². The Hall–Kier alpha value is -0.0900. The first kappa shape index (κ1) is 11.9. The lowest BCUT2D eigenvalue weighted by molar-refractivity contribution is 0.745. The molecule has 68 valence electrons. The van der Waals surface area contributed by atoms with Crippen LogP contribution in [0.4, 0.5) is 0 Å². The molecule has 1 rings (SSSR count). The molecule has 0 spiro atoms. The van der Waals surface area contributed by atoms with Gasteiger partial charge in [0.15, 0.2) is 0 Å². The Balaban J connectivity index is 0.00000121. The molecular weight excluding hydrogens is 261 g/mol. The van der Waals surface area contributed by atoms with E-state index < -0.39 is 0 Å². The van der Waals surface area contributed by atoms with Crippen LogP contribution in [-0.2, 0) is 6.42 Å². The molecule has 0 aliphatic rings. The van der Waals surface area contributed by atoms with E-state index in [9.17, 15) is 0 Å². The molecule has 0 amide bonds. The van der Waals surface area contributed by atoms with Crippen LogP contribution in [0.25, 0.3) is 0 Å². The van der Waals surface area contributed by atoms with Crippen LogP contribution in [0.15, 0.2) is 30.3 Å². The lowest BCUT2D eigenvalue weighted by atomic mass is 10.1. The molecular formula is C10H16IN. The summed E-state index contributed by atoms with van der Waals surface area (Å²) in [5.74, 6) is 0. The van der Waals surface area contributed by atoms with Crippen molar-refractivity contribution in [2.75, 3.05) is 6.54 Å². The third-order valence-corrected chi connectivity index (χ3v) is 1.76. The first-order chi connectivity index (χ1) is 5.43. The van der Waals surface area contributed by atoms with Gasteiger partial charge in [-0.2, -0.15) is 0 Å². The molecule has 0 atom stereocenters. The Morgan fingerprint density at radius 2 is 1.67 bits per heavy atom. The summed E-state index contributed by atoms with van der Waals surface area (Å²) in [4.78, 5) is 0. The number of hydrogen-bond acceptors (Lipinski definition) is 1. The number of nitrogens with two attached hydrogens (primary N) is 1. The normalized spacial score (nSPS) is 9.08. The standard InChI is InChI=1S/C10H15N.HI/c11-9-5-4-8-10-6-2-1-3-7-10;/h1-3,6-7H,4-5,8-9,11H2;1H. The number of rotatable bonds is 4. The largest absolute Gasteiger partial charge is 0.330 e. The van der Waals surface area contributed by atoms with Gasteiger partial charge in [0, 0.05) is 0 Å². The van der Waals surface area contributed by atoms with E-state index in [0.717, 1.165) is 19.4 Å². The average Bonchev–Trinajstić information content (AvgIpc) is 2.07. The van der Waals surface area contributed by atoms with Crippen LogP contribution < -0.4 is 5.73 Å². The third kappa shape index (κ3) is 4.72. The molecule has 12 heavy (non-hydrogen) atoms. The second-order valence-corrected chi connectivity index (χ2v) is 2.73. The first-order valence-electron chi connectivity index (χ1n) is 4.17. The lowest BCUT2D eigenvalue weighted by Gasteiger charge is -1.98. The lowest BCUT2D eigenvalue weighted by Crippen LogP contribution is -1.98. The summed E-state index contributed by atoms with van der Waals surface area (Å²) in [7, 11) is 0. The fourth-order valence-electron chi connectivity index (χ4n) is 1.12. The SMILES string of the molecule is I.NCCCCc1ccccc1. The molecule has 1 aromatic carbocycles. The van der Waals surface area contributed by atoms with Gasteiger partial charge in [-0.1, -0.05) is 30.3 Å². The fraction of sp³-hybridized carbons (Fsp3) is 0.400. The first-order valence-corrected chi connectivity index (χ1v) is 4.17. The van der Waals surface area contributed by atoms with E-state index in [2.05, 4.69) is 24.3 Å². The second kappa shape index (κ2) is 7.55. The topological polar surface area (TPSA) is 26.0 Å². The maximum atomic E-state index is 5.39. The molecule has 0 heterocycles. The van der Waals surface area contributed by atoms with Crippen molar-refractivity contribution in [1.29, 1.82) is 0 Å². The number of aryl methyl sites for hydroxylation is 1. The highest BCUT2D eigenvalue weighted by molar-refractivity contribution is 14.0. The summed E-state index contributed by atoms with van der Waals surface area (Å²) < 4.78 is 0. The van der Waals surface area contributed by atoms with E-state index >= 15 is 0 Å². The molecule has 0 unspecified atom stereocenters. The van der Waals surface area contributed by atoms with Crippen LogP contribution in [0.3, 0.4) is 0 Å². The fourth-order valence-corrected chi connectivity index (χ4v) is 1.12. The Kier molecular flexibility index (Phi) is 7.50. The molecule has 0 radical (unpaired) electrons. The number of unbranched alkanes of at least 4 members (excludes halogenated alkanes) is 1. The van der Waals surface area contributed by atoms with Gasteiger partial charge in [0.05, 0.1) is 0 Å². The van der Waals surface area contributed by atoms with Crippen LogP contribution in [-0.4, -0.2) is 6.54 Å². The van der Waals surface area contributed by atoms with Crippen molar-refractivity contribution in [2.24, 2.45) is 5.73 Å². The van der Waals surface area contributed by atoms with Gasteiger partial charge in [-0.3, -0.25) is 0 Å². The Morgan fingerprint density at radius 1 is 1.00 bits per heavy atom. The maximum Gasteiger partial charge on any atom is -0.00772 e. The van der Waals surface area contributed by atoms with Crippen LogP contribution in [0.2, 0.25) is 0 Å². The summed E-state index contributed by atoms with van der Waals surface area (Å²) in [6.07, 6.45) is 3.51. The van der Waals surface area contributed by atoms with E-state index in [1.807, 2.05) is 6.07 Å². The monoisotopic (exact) mass is 277 g/mol. The van der Waals surface area contributed by atoms with Crippen LogP contribution >= 0.6 is 24.0 Å². The van der Waals surface area contributed by atoms with Crippen molar-refractivity contribution in [2.45, 2.75) is 19.3 Å². The molecule has 0 saturated carbocycles. The highest BCUT2D eigenvalue weighted by atomic mass is 127. The molecule has 2 heteroatoms. The Bertz CT molecular complexity index is 186. The van der Waals surface area contributed by atoms with Gasteiger partial charge in [-0.05, 0) is 31.4 Å². The molecule has 0 saturated heterocycles. The van der Waals surface area contributed by atoms with Crippen molar-refractivity contribution in [3.63, 3.8) is 0 Å². The molecule has 0 fully saturated rings. The molecule has 2 N–H and O–H groups in total. The minimum Gasteiger partial charge on any atom is -0.330 e. The third-order valence-electron chi connectivity index (χ3n) is 1.76. The van der Waals surface area contributed by atoms with E-state index in [1.165, 1.54) is 12.0 Å². The minimum absolute atomic E-state index is 0. The average molecular weight is 277 g/mol. The second-order valence-electron chi connectivity index (χ2n) is 2.73. The zero-order valence-corrected chi connectivity index (χ0v) is 9.53. The molecule has 1 aromatic rings. The van der Waals surface area contributed by atoms with Gasteiger partial charge in [0.1, 0.15) is 0 Å². The van der Waals surface area contributed by atoms with Crippen molar-refractivity contribution in [3.05, 3.63) is 35.9 Å². The summed E-state index contributed by atoms with van der Waals surface area (Å²) in [5, 5.41) is 0.